The van der Waals surface area contributed by atoms with Crippen LogP contribution in [0.5, 0.6) is 5.75 Å². The fourth-order valence-corrected chi connectivity index (χ4v) is 4.85. The third-order valence-electron chi connectivity index (χ3n) is 4.62. The first-order valence-corrected chi connectivity index (χ1v) is 9.52. The maximum atomic E-state index is 5.62. The highest BCUT2D eigenvalue weighted by Gasteiger charge is 2.19. The van der Waals surface area contributed by atoms with Crippen LogP contribution in [-0.4, -0.2) is 24.2 Å². The van der Waals surface area contributed by atoms with Crippen molar-refractivity contribution in [3.05, 3.63) is 29.3 Å². The van der Waals surface area contributed by atoms with E-state index in [4.69, 9.17) is 4.74 Å². The van der Waals surface area contributed by atoms with Crippen LogP contribution in [0.1, 0.15) is 56.2 Å². The molecule has 0 saturated heterocycles. The zero-order chi connectivity index (χ0) is 14.5. The molecule has 2 nitrogen and oxygen atoms in total. The van der Waals surface area contributed by atoms with Crippen molar-refractivity contribution < 1.29 is 4.74 Å². The van der Waals surface area contributed by atoms with Crippen LogP contribution in [0.15, 0.2) is 18.2 Å². The van der Waals surface area contributed by atoms with Gasteiger partial charge in [0.1, 0.15) is 5.75 Å². The molecule has 1 heterocycles. The molecule has 0 amide bonds. The summed E-state index contributed by atoms with van der Waals surface area (Å²) >= 11 is 2.18. The smallest absolute Gasteiger partial charge is 0.122 e. The highest BCUT2D eigenvalue weighted by Crippen LogP contribution is 2.33. The number of ether oxygens (including phenoxy) is 1. The van der Waals surface area contributed by atoms with Crippen LogP contribution in [0.25, 0.3) is 0 Å². The van der Waals surface area contributed by atoms with Gasteiger partial charge in [-0.2, -0.15) is 11.8 Å². The maximum Gasteiger partial charge on any atom is 0.122 e. The molecule has 0 spiro atoms. The number of hydrogen-bond acceptors (Lipinski definition) is 3. The Kier molecular flexibility index (Phi) is 5.48. The lowest BCUT2D eigenvalue weighted by Gasteiger charge is -2.25. The second kappa shape index (κ2) is 7.55. The predicted molar refractivity (Wildman–Crippen MR) is 91.4 cm³/mol. The van der Waals surface area contributed by atoms with Crippen LogP contribution in [0, 0.1) is 0 Å². The van der Waals surface area contributed by atoms with E-state index in [9.17, 15) is 0 Å². The molecule has 116 valence electrons. The van der Waals surface area contributed by atoms with Crippen LogP contribution in [-0.2, 0) is 6.42 Å². The summed E-state index contributed by atoms with van der Waals surface area (Å²) in [6.07, 6.45) is 8.21. The summed E-state index contributed by atoms with van der Waals surface area (Å²) < 4.78 is 5.62. The topological polar surface area (TPSA) is 21.3 Å². The van der Waals surface area contributed by atoms with Crippen molar-refractivity contribution in [1.29, 1.82) is 0 Å². The SMILES string of the molecule is CCNC(CSC1CCCCC1)c1ccc2c(c1)CCO2. The average molecular weight is 305 g/mol. The Balaban J connectivity index is 1.63. The fraction of sp³-hybridized carbons (Fsp3) is 0.667. The van der Waals surface area contributed by atoms with Crippen molar-refractivity contribution in [3.63, 3.8) is 0 Å². The van der Waals surface area contributed by atoms with Crippen molar-refractivity contribution in [2.45, 2.75) is 56.7 Å². The van der Waals surface area contributed by atoms with Gasteiger partial charge in [0.25, 0.3) is 0 Å². The first-order chi connectivity index (χ1) is 10.4. The summed E-state index contributed by atoms with van der Waals surface area (Å²) in [5.74, 6) is 2.28. The van der Waals surface area contributed by atoms with Gasteiger partial charge in [-0.25, -0.2) is 0 Å². The summed E-state index contributed by atoms with van der Waals surface area (Å²) in [6.45, 7) is 4.08. The van der Waals surface area contributed by atoms with Crippen LogP contribution >= 0.6 is 11.8 Å². The molecule has 1 unspecified atom stereocenters. The molecule has 1 aromatic carbocycles. The Labute approximate surface area is 133 Å². The molecule has 0 aromatic heterocycles. The van der Waals surface area contributed by atoms with Gasteiger partial charge in [-0.05, 0) is 36.6 Å². The zero-order valence-electron chi connectivity index (χ0n) is 13.1. The van der Waals surface area contributed by atoms with Gasteiger partial charge in [-0.1, -0.05) is 38.3 Å². The van der Waals surface area contributed by atoms with E-state index in [0.29, 0.717) is 6.04 Å². The Hall–Kier alpha value is -0.670. The molecule has 2 aliphatic rings. The van der Waals surface area contributed by atoms with Crippen LogP contribution in [0.4, 0.5) is 0 Å². The summed E-state index contributed by atoms with van der Waals surface area (Å²) in [6, 6.07) is 7.25. The zero-order valence-corrected chi connectivity index (χ0v) is 13.9. The number of rotatable bonds is 6. The first-order valence-electron chi connectivity index (χ1n) is 8.47. The monoisotopic (exact) mass is 305 g/mol. The highest BCUT2D eigenvalue weighted by molar-refractivity contribution is 7.99. The number of hydrogen-bond donors (Lipinski definition) is 1. The number of thioether (sulfide) groups is 1. The Morgan fingerprint density at radius 2 is 2.14 bits per heavy atom. The molecular weight excluding hydrogens is 278 g/mol. The molecule has 1 aliphatic carbocycles. The van der Waals surface area contributed by atoms with E-state index < -0.39 is 0 Å². The minimum absolute atomic E-state index is 0.479. The van der Waals surface area contributed by atoms with Crippen molar-refractivity contribution in [2.75, 3.05) is 18.9 Å². The van der Waals surface area contributed by atoms with Crippen molar-refractivity contribution in [2.24, 2.45) is 0 Å². The lowest BCUT2D eigenvalue weighted by atomic mass is 10.0. The lowest BCUT2D eigenvalue weighted by molar-refractivity contribution is 0.357. The van der Waals surface area contributed by atoms with Crippen molar-refractivity contribution in [3.8, 4) is 5.75 Å². The molecule has 3 rings (SSSR count). The van der Waals surface area contributed by atoms with E-state index in [1.165, 1.54) is 49.0 Å². The van der Waals surface area contributed by atoms with E-state index >= 15 is 0 Å². The molecule has 1 saturated carbocycles. The molecule has 21 heavy (non-hydrogen) atoms. The van der Waals surface area contributed by atoms with Crippen LogP contribution < -0.4 is 10.1 Å². The normalized spacial score (nSPS) is 20.0. The summed E-state index contributed by atoms with van der Waals surface area (Å²) in [5.41, 5.74) is 2.82. The Morgan fingerprint density at radius 1 is 1.29 bits per heavy atom. The quantitative estimate of drug-likeness (QED) is 0.845. The summed E-state index contributed by atoms with van der Waals surface area (Å²) in [7, 11) is 0. The Morgan fingerprint density at radius 3 is 2.95 bits per heavy atom. The lowest BCUT2D eigenvalue weighted by Crippen LogP contribution is -2.24. The Bertz CT molecular complexity index is 457. The van der Waals surface area contributed by atoms with E-state index in [1.807, 2.05) is 0 Å². The van der Waals surface area contributed by atoms with Gasteiger partial charge >= 0.3 is 0 Å². The van der Waals surface area contributed by atoms with Crippen LogP contribution in [0.2, 0.25) is 0 Å². The van der Waals surface area contributed by atoms with E-state index in [1.54, 1.807) is 0 Å². The van der Waals surface area contributed by atoms with Crippen LogP contribution in [0.3, 0.4) is 0 Å². The third kappa shape index (κ3) is 3.95. The third-order valence-corrected chi connectivity index (χ3v) is 6.09. The molecule has 1 N–H and O–H groups in total. The van der Waals surface area contributed by atoms with Gasteiger partial charge in [0.15, 0.2) is 0 Å². The molecule has 1 aliphatic heterocycles. The minimum atomic E-state index is 0.479. The largest absolute Gasteiger partial charge is 0.493 e. The first kappa shape index (κ1) is 15.2. The molecule has 0 radical (unpaired) electrons. The molecule has 3 heteroatoms. The fourth-order valence-electron chi connectivity index (χ4n) is 3.41. The van der Waals surface area contributed by atoms with Gasteiger partial charge < -0.3 is 10.1 Å². The van der Waals surface area contributed by atoms with E-state index in [2.05, 4.69) is 42.2 Å². The highest BCUT2D eigenvalue weighted by atomic mass is 32.2. The van der Waals surface area contributed by atoms with Gasteiger partial charge in [0, 0.05) is 23.5 Å². The summed E-state index contributed by atoms with van der Waals surface area (Å²) in [4.78, 5) is 0. The second-order valence-electron chi connectivity index (χ2n) is 6.17. The number of fused-ring (bicyclic) bond motifs is 1. The van der Waals surface area contributed by atoms with E-state index in [-0.39, 0.29) is 0 Å². The second-order valence-corrected chi connectivity index (χ2v) is 7.50. The van der Waals surface area contributed by atoms with Crippen molar-refractivity contribution in [1.82, 2.24) is 5.32 Å². The maximum absolute atomic E-state index is 5.62. The van der Waals surface area contributed by atoms with Gasteiger partial charge in [0.2, 0.25) is 0 Å². The minimum Gasteiger partial charge on any atom is -0.493 e. The molecule has 1 fully saturated rings. The van der Waals surface area contributed by atoms with Gasteiger partial charge in [-0.3, -0.25) is 0 Å². The standard InChI is InChI=1S/C18H27NOS/c1-2-19-17(13-21-16-6-4-3-5-7-16)14-8-9-18-15(12-14)10-11-20-18/h8-9,12,16-17,19H,2-7,10-11,13H2,1H3. The molecule has 0 bridgehead atoms. The average Bonchev–Trinajstić information content (AvgIpc) is 3.00. The molecule has 1 atom stereocenters. The van der Waals surface area contributed by atoms with Gasteiger partial charge in [0.05, 0.1) is 6.61 Å². The predicted octanol–water partition coefficient (Wildman–Crippen LogP) is 4.34. The number of nitrogens with one attached hydrogen (secondary N) is 1. The number of benzene rings is 1. The summed E-state index contributed by atoms with van der Waals surface area (Å²) in [5, 5.41) is 4.55. The van der Waals surface area contributed by atoms with E-state index in [0.717, 1.165) is 30.6 Å². The molecular formula is C18H27NOS. The van der Waals surface area contributed by atoms with Crippen molar-refractivity contribution >= 4 is 11.8 Å². The van der Waals surface area contributed by atoms with Gasteiger partial charge in [-0.15, -0.1) is 0 Å². The molecule has 1 aromatic rings.